The molecule has 7 nitrogen and oxygen atoms in total. The quantitative estimate of drug-likeness (QED) is 0.897. The van der Waals surface area contributed by atoms with Gasteiger partial charge in [0.25, 0.3) is 5.91 Å². The van der Waals surface area contributed by atoms with Gasteiger partial charge in [0.2, 0.25) is 11.9 Å². The van der Waals surface area contributed by atoms with Crippen LogP contribution in [0.4, 0.5) is 11.6 Å². The lowest BCUT2D eigenvalue weighted by Gasteiger charge is -2.34. The fraction of sp³-hybridized carbons (Fsp3) is 0.400. The molecule has 1 saturated heterocycles. The molecular weight excluding hydrogens is 342 g/mol. The van der Waals surface area contributed by atoms with E-state index in [1.807, 2.05) is 17.0 Å². The molecule has 2 aromatic rings. The molecule has 0 unspecified atom stereocenters. The van der Waals surface area contributed by atoms with Crippen molar-refractivity contribution < 1.29 is 9.59 Å². The Morgan fingerprint density at radius 2 is 1.78 bits per heavy atom. The molecule has 2 amide bonds. The van der Waals surface area contributed by atoms with Gasteiger partial charge in [0, 0.05) is 55.7 Å². The van der Waals surface area contributed by atoms with Gasteiger partial charge in [-0.2, -0.15) is 0 Å². The van der Waals surface area contributed by atoms with Gasteiger partial charge in [0.15, 0.2) is 0 Å². The monoisotopic (exact) mass is 365 g/mol. The third-order valence-electron chi connectivity index (χ3n) is 5.23. The molecule has 2 fully saturated rings. The number of nitrogens with zero attached hydrogens (tertiary/aromatic N) is 4. The number of amides is 2. The smallest absolute Gasteiger partial charge is 0.254 e. The van der Waals surface area contributed by atoms with Crippen LogP contribution in [-0.2, 0) is 4.79 Å². The molecule has 0 spiro atoms. The van der Waals surface area contributed by atoms with E-state index in [-0.39, 0.29) is 17.7 Å². The van der Waals surface area contributed by atoms with Crippen LogP contribution in [0.1, 0.15) is 23.7 Å². The van der Waals surface area contributed by atoms with Gasteiger partial charge in [-0.05, 0) is 36.6 Å². The summed E-state index contributed by atoms with van der Waals surface area (Å²) in [5.74, 6) is 1.30. The third-order valence-corrected chi connectivity index (χ3v) is 5.23. The molecule has 1 aliphatic heterocycles. The predicted octanol–water partition coefficient (Wildman–Crippen LogP) is 2.03. The van der Waals surface area contributed by atoms with Crippen LogP contribution in [0.2, 0.25) is 0 Å². The normalized spacial score (nSPS) is 21.7. The first kappa shape index (κ1) is 17.5. The highest BCUT2D eigenvalue weighted by Gasteiger charge is 2.39. The number of piperazine rings is 1. The molecule has 140 valence electrons. The summed E-state index contributed by atoms with van der Waals surface area (Å²) in [6.07, 6.45) is 4.39. The summed E-state index contributed by atoms with van der Waals surface area (Å²) >= 11 is 0. The van der Waals surface area contributed by atoms with E-state index in [4.69, 9.17) is 0 Å². The topological polar surface area (TPSA) is 78.4 Å². The van der Waals surface area contributed by atoms with Crippen molar-refractivity contribution in [2.75, 3.05) is 36.4 Å². The molecular formula is C20H23N5O2. The molecule has 2 atom stereocenters. The minimum Gasteiger partial charge on any atom is -0.337 e. The van der Waals surface area contributed by atoms with Crippen LogP contribution in [0.5, 0.6) is 0 Å². The number of rotatable bonds is 4. The second kappa shape index (κ2) is 7.34. The second-order valence-electron chi connectivity index (χ2n) is 7.22. The molecule has 2 heterocycles. The number of nitrogens with one attached hydrogen (secondary N) is 1. The SMILES string of the molecule is C[C@@H]1C[C@H]1C(=O)Nc1cccc(C(=O)N2CCN(c3ncccn3)CC2)c1. The van der Waals surface area contributed by atoms with Gasteiger partial charge in [-0.3, -0.25) is 9.59 Å². The predicted molar refractivity (Wildman–Crippen MR) is 102 cm³/mol. The van der Waals surface area contributed by atoms with Crippen molar-refractivity contribution in [3.05, 3.63) is 48.3 Å². The maximum Gasteiger partial charge on any atom is 0.254 e. The Hall–Kier alpha value is -2.96. The van der Waals surface area contributed by atoms with Crippen molar-refractivity contribution in [1.29, 1.82) is 0 Å². The van der Waals surface area contributed by atoms with Crippen molar-refractivity contribution in [3.8, 4) is 0 Å². The van der Waals surface area contributed by atoms with Crippen LogP contribution in [0.25, 0.3) is 0 Å². The van der Waals surface area contributed by atoms with Gasteiger partial charge in [-0.1, -0.05) is 13.0 Å². The van der Waals surface area contributed by atoms with E-state index in [2.05, 4.69) is 27.1 Å². The number of hydrogen-bond donors (Lipinski definition) is 1. The molecule has 1 saturated carbocycles. The van der Waals surface area contributed by atoms with Crippen molar-refractivity contribution in [1.82, 2.24) is 14.9 Å². The zero-order chi connectivity index (χ0) is 18.8. The van der Waals surface area contributed by atoms with Gasteiger partial charge < -0.3 is 15.1 Å². The number of carbonyl (C=O) groups is 2. The fourth-order valence-electron chi connectivity index (χ4n) is 3.40. The van der Waals surface area contributed by atoms with E-state index >= 15 is 0 Å². The van der Waals surface area contributed by atoms with Crippen LogP contribution < -0.4 is 10.2 Å². The molecule has 27 heavy (non-hydrogen) atoms. The Balaban J connectivity index is 1.37. The summed E-state index contributed by atoms with van der Waals surface area (Å²) in [5.41, 5.74) is 1.28. The number of benzene rings is 1. The molecule has 1 aromatic carbocycles. The van der Waals surface area contributed by atoms with E-state index < -0.39 is 0 Å². The van der Waals surface area contributed by atoms with E-state index in [0.717, 1.165) is 6.42 Å². The lowest BCUT2D eigenvalue weighted by Crippen LogP contribution is -2.49. The average Bonchev–Trinajstić information content (AvgIpc) is 3.45. The van der Waals surface area contributed by atoms with Gasteiger partial charge in [0.1, 0.15) is 0 Å². The summed E-state index contributed by atoms with van der Waals surface area (Å²) in [6, 6.07) is 8.99. The summed E-state index contributed by atoms with van der Waals surface area (Å²) in [6.45, 7) is 4.71. The number of anilines is 2. The van der Waals surface area contributed by atoms with Crippen LogP contribution in [0.3, 0.4) is 0 Å². The first-order valence-electron chi connectivity index (χ1n) is 9.34. The maximum absolute atomic E-state index is 12.8. The summed E-state index contributed by atoms with van der Waals surface area (Å²) in [4.78, 5) is 37.4. The van der Waals surface area contributed by atoms with Crippen molar-refractivity contribution in [2.24, 2.45) is 11.8 Å². The minimum absolute atomic E-state index is 0.0143. The Bertz CT molecular complexity index is 833. The second-order valence-corrected chi connectivity index (χ2v) is 7.22. The van der Waals surface area contributed by atoms with Crippen molar-refractivity contribution >= 4 is 23.5 Å². The first-order chi connectivity index (χ1) is 13.1. The number of carbonyl (C=O) groups excluding carboxylic acids is 2. The zero-order valence-corrected chi connectivity index (χ0v) is 15.3. The number of hydrogen-bond acceptors (Lipinski definition) is 5. The molecule has 1 aliphatic carbocycles. The lowest BCUT2D eigenvalue weighted by atomic mass is 10.1. The van der Waals surface area contributed by atoms with Gasteiger partial charge >= 0.3 is 0 Å². The maximum atomic E-state index is 12.8. The molecule has 0 bridgehead atoms. The molecule has 1 N–H and O–H groups in total. The molecule has 7 heteroatoms. The molecule has 2 aliphatic rings. The summed E-state index contributed by atoms with van der Waals surface area (Å²) < 4.78 is 0. The Labute approximate surface area is 158 Å². The third kappa shape index (κ3) is 3.92. The highest BCUT2D eigenvalue weighted by Crippen LogP contribution is 2.38. The van der Waals surface area contributed by atoms with Crippen molar-refractivity contribution in [3.63, 3.8) is 0 Å². The Morgan fingerprint density at radius 3 is 2.44 bits per heavy atom. The van der Waals surface area contributed by atoms with Crippen molar-refractivity contribution in [2.45, 2.75) is 13.3 Å². The van der Waals surface area contributed by atoms with Gasteiger partial charge in [-0.25, -0.2) is 9.97 Å². The van der Waals surface area contributed by atoms with Crippen LogP contribution >= 0.6 is 0 Å². The van der Waals surface area contributed by atoms with E-state index in [9.17, 15) is 9.59 Å². The zero-order valence-electron chi connectivity index (χ0n) is 15.3. The molecule has 1 aromatic heterocycles. The summed E-state index contributed by atoms with van der Waals surface area (Å²) in [5, 5.41) is 2.93. The van der Waals surface area contributed by atoms with E-state index in [1.54, 1.807) is 30.6 Å². The minimum atomic E-state index is -0.0143. The molecule has 4 rings (SSSR count). The van der Waals surface area contributed by atoms with Crippen LogP contribution in [-0.4, -0.2) is 52.9 Å². The van der Waals surface area contributed by atoms with E-state index in [0.29, 0.717) is 49.3 Å². The highest BCUT2D eigenvalue weighted by molar-refractivity contribution is 5.98. The Kier molecular flexibility index (Phi) is 4.75. The largest absolute Gasteiger partial charge is 0.337 e. The van der Waals surface area contributed by atoms with Gasteiger partial charge in [0.05, 0.1) is 0 Å². The average molecular weight is 365 g/mol. The van der Waals surface area contributed by atoms with Gasteiger partial charge in [-0.15, -0.1) is 0 Å². The number of aromatic nitrogens is 2. The van der Waals surface area contributed by atoms with Crippen LogP contribution in [0.15, 0.2) is 42.7 Å². The Morgan fingerprint density at radius 1 is 1.07 bits per heavy atom. The fourth-order valence-corrected chi connectivity index (χ4v) is 3.40. The standard InChI is InChI=1S/C20H23N5O2/c1-14-12-17(14)18(26)23-16-5-2-4-15(13-16)19(27)24-8-10-25(11-9-24)20-21-6-3-7-22-20/h2-7,13-14,17H,8-12H2,1H3,(H,23,26)/t14-,17-/m1/s1. The lowest BCUT2D eigenvalue weighted by molar-refractivity contribution is -0.117. The highest BCUT2D eigenvalue weighted by atomic mass is 16.2. The summed E-state index contributed by atoms with van der Waals surface area (Å²) in [7, 11) is 0. The van der Waals surface area contributed by atoms with Crippen LogP contribution in [0, 0.1) is 11.8 Å². The van der Waals surface area contributed by atoms with E-state index in [1.165, 1.54) is 0 Å². The first-order valence-corrected chi connectivity index (χ1v) is 9.34. The molecule has 0 radical (unpaired) electrons.